The van der Waals surface area contributed by atoms with Crippen LogP contribution in [0.15, 0.2) is 0 Å². The maximum absolute atomic E-state index is 5.61. The molecule has 0 radical (unpaired) electrons. The number of thiol groups is 1. The van der Waals surface area contributed by atoms with Gasteiger partial charge in [-0.25, -0.2) is 0 Å². The SMILES string of the molecule is CP(C)C[C@H](N)CS. The highest BCUT2D eigenvalue weighted by Gasteiger charge is 2.00. The van der Waals surface area contributed by atoms with Crippen molar-refractivity contribution >= 4 is 20.6 Å². The van der Waals surface area contributed by atoms with E-state index in [1.54, 1.807) is 0 Å². The van der Waals surface area contributed by atoms with Gasteiger partial charge in [0.05, 0.1) is 0 Å². The molecule has 0 aromatic heterocycles. The summed E-state index contributed by atoms with van der Waals surface area (Å²) >= 11 is 4.08. The Morgan fingerprint density at radius 3 is 2.25 bits per heavy atom. The van der Waals surface area contributed by atoms with Gasteiger partial charge in [0.15, 0.2) is 0 Å². The Balaban J connectivity index is 3.10. The summed E-state index contributed by atoms with van der Waals surface area (Å²) in [7, 11) is 0.180. The van der Waals surface area contributed by atoms with E-state index in [1.165, 1.54) is 0 Å². The van der Waals surface area contributed by atoms with Gasteiger partial charge in [-0.05, 0) is 19.5 Å². The normalized spacial score (nSPS) is 14.6. The van der Waals surface area contributed by atoms with Crippen LogP contribution >= 0.6 is 20.6 Å². The fraction of sp³-hybridized carbons (Fsp3) is 1.00. The molecule has 0 rings (SSSR count). The van der Waals surface area contributed by atoms with Crippen molar-refractivity contribution in [3.63, 3.8) is 0 Å². The fourth-order valence-electron chi connectivity index (χ4n) is 0.527. The standard InChI is InChI=1S/C5H14NPS/c1-7(2)3-5(6)4-8/h5,8H,3-4,6H2,1-2H3/t5-/m0/s1. The Kier molecular flexibility index (Phi) is 5.03. The Morgan fingerprint density at radius 2 is 2.12 bits per heavy atom. The summed E-state index contributed by atoms with van der Waals surface area (Å²) in [5.41, 5.74) is 5.61. The number of hydrogen-bond donors (Lipinski definition) is 2. The highest BCUT2D eigenvalue weighted by molar-refractivity contribution is 7.80. The molecule has 0 bridgehead atoms. The van der Waals surface area contributed by atoms with Crippen molar-refractivity contribution in [1.82, 2.24) is 0 Å². The van der Waals surface area contributed by atoms with E-state index < -0.39 is 0 Å². The van der Waals surface area contributed by atoms with E-state index in [1.807, 2.05) is 0 Å². The maximum atomic E-state index is 5.61. The van der Waals surface area contributed by atoms with Crippen molar-refractivity contribution in [2.24, 2.45) is 5.73 Å². The van der Waals surface area contributed by atoms with Gasteiger partial charge < -0.3 is 5.73 Å². The second kappa shape index (κ2) is 4.60. The lowest BCUT2D eigenvalue weighted by Gasteiger charge is -2.10. The predicted octanol–water partition coefficient (Wildman–Crippen LogP) is 0.985. The zero-order valence-corrected chi connectivity index (χ0v) is 7.25. The first-order valence-corrected chi connectivity index (χ1v) is 5.73. The van der Waals surface area contributed by atoms with Crippen LogP contribution in [0.1, 0.15) is 0 Å². The molecule has 0 aromatic rings. The molecule has 3 heteroatoms. The smallest absolute Gasteiger partial charge is 0.0167 e. The van der Waals surface area contributed by atoms with Crippen molar-refractivity contribution in [3.8, 4) is 0 Å². The molecule has 0 aliphatic carbocycles. The van der Waals surface area contributed by atoms with E-state index in [2.05, 4.69) is 26.0 Å². The van der Waals surface area contributed by atoms with Crippen LogP contribution < -0.4 is 5.73 Å². The summed E-state index contributed by atoms with van der Waals surface area (Å²) in [5.74, 6) is 0.820. The van der Waals surface area contributed by atoms with E-state index in [9.17, 15) is 0 Å². The molecule has 1 nitrogen and oxygen atoms in total. The van der Waals surface area contributed by atoms with Crippen LogP contribution in [0.4, 0.5) is 0 Å². The van der Waals surface area contributed by atoms with Crippen molar-refractivity contribution in [2.45, 2.75) is 6.04 Å². The summed E-state index contributed by atoms with van der Waals surface area (Å²) in [6, 6.07) is 0.319. The first-order chi connectivity index (χ1) is 3.66. The molecule has 0 saturated carbocycles. The van der Waals surface area contributed by atoms with E-state index in [4.69, 9.17) is 5.73 Å². The molecule has 0 saturated heterocycles. The lowest BCUT2D eigenvalue weighted by molar-refractivity contribution is 0.858. The lowest BCUT2D eigenvalue weighted by Crippen LogP contribution is -2.24. The van der Waals surface area contributed by atoms with Gasteiger partial charge in [-0.15, -0.1) is 7.92 Å². The molecule has 0 unspecified atom stereocenters. The lowest BCUT2D eigenvalue weighted by atomic mass is 10.4. The van der Waals surface area contributed by atoms with Crippen molar-refractivity contribution < 1.29 is 0 Å². The minimum atomic E-state index is 0.180. The Hall–Kier alpha value is 0.740. The van der Waals surface area contributed by atoms with Crippen molar-refractivity contribution in [1.29, 1.82) is 0 Å². The first-order valence-electron chi connectivity index (χ1n) is 2.68. The van der Waals surface area contributed by atoms with E-state index >= 15 is 0 Å². The van der Waals surface area contributed by atoms with Gasteiger partial charge >= 0.3 is 0 Å². The molecule has 0 fully saturated rings. The van der Waals surface area contributed by atoms with Crippen LogP contribution in [0.5, 0.6) is 0 Å². The van der Waals surface area contributed by atoms with Crippen LogP contribution in [0.2, 0.25) is 0 Å². The number of hydrogen-bond acceptors (Lipinski definition) is 2. The fourth-order valence-corrected chi connectivity index (χ4v) is 1.93. The summed E-state index contributed by atoms with van der Waals surface area (Å²) in [5, 5.41) is 0. The van der Waals surface area contributed by atoms with Gasteiger partial charge in [0.1, 0.15) is 0 Å². The van der Waals surface area contributed by atoms with Gasteiger partial charge in [0.2, 0.25) is 0 Å². The number of rotatable bonds is 3. The monoisotopic (exact) mass is 151 g/mol. The highest BCUT2D eigenvalue weighted by Crippen LogP contribution is 2.24. The molecule has 0 aromatic carbocycles. The molecule has 8 heavy (non-hydrogen) atoms. The summed E-state index contributed by atoms with van der Waals surface area (Å²) in [6.07, 6.45) is 1.15. The van der Waals surface area contributed by atoms with E-state index in [0.717, 1.165) is 11.9 Å². The third kappa shape index (κ3) is 4.89. The second-order valence-corrected chi connectivity index (χ2v) is 5.09. The third-order valence-corrected chi connectivity index (χ3v) is 2.50. The summed E-state index contributed by atoms with van der Waals surface area (Å²) in [4.78, 5) is 0. The van der Waals surface area contributed by atoms with Crippen LogP contribution in [0, 0.1) is 0 Å². The Bertz CT molecular complexity index is 58.4. The number of nitrogens with two attached hydrogens (primary N) is 1. The molecule has 0 heterocycles. The maximum Gasteiger partial charge on any atom is 0.0167 e. The topological polar surface area (TPSA) is 26.0 Å². The van der Waals surface area contributed by atoms with E-state index in [0.29, 0.717) is 6.04 Å². The molecular formula is C5H14NPS. The quantitative estimate of drug-likeness (QED) is 0.456. The highest BCUT2D eigenvalue weighted by atomic mass is 32.1. The zero-order valence-electron chi connectivity index (χ0n) is 5.46. The van der Waals surface area contributed by atoms with Gasteiger partial charge in [0, 0.05) is 11.8 Å². The Morgan fingerprint density at radius 1 is 1.62 bits per heavy atom. The Labute approximate surface area is 58.2 Å². The van der Waals surface area contributed by atoms with Crippen LogP contribution in [0.25, 0.3) is 0 Å². The minimum absolute atomic E-state index is 0.180. The molecule has 1 atom stereocenters. The van der Waals surface area contributed by atoms with E-state index in [-0.39, 0.29) is 7.92 Å². The van der Waals surface area contributed by atoms with Gasteiger partial charge in [-0.3, -0.25) is 0 Å². The van der Waals surface area contributed by atoms with Gasteiger partial charge in [0.25, 0.3) is 0 Å². The van der Waals surface area contributed by atoms with Crippen LogP contribution in [0.3, 0.4) is 0 Å². The van der Waals surface area contributed by atoms with Gasteiger partial charge in [-0.1, -0.05) is 0 Å². The molecule has 0 amide bonds. The van der Waals surface area contributed by atoms with Crippen LogP contribution in [-0.2, 0) is 0 Å². The molecule has 0 aliphatic rings. The van der Waals surface area contributed by atoms with Crippen molar-refractivity contribution in [3.05, 3.63) is 0 Å². The predicted molar refractivity (Wildman–Crippen MR) is 45.5 cm³/mol. The zero-order chi connectivity index (χ0) is 6.57. The molecule has 0 aliphatic heterocycles. The molecule has 2 N–H and O–H groups in total. The minimum Gasteiger partial charge on any atom is -0.327 e. The van der Waals surface area contributed by atoms with Crippen molar-refractivity contribution in [2.75, 3.05) is 25.2 Å². The largest absolute Gasteiger partial charge is 0.327 e. The summed E-state index contributed by atoms with van der Waals surface area (Å²) in [6.45, 7) is 4.47. The van der Waals surface area contributed by atoms with Gasteiger partial charge in [-0.2, -0.15) is 12.6 Å². The third-order valence-electron chi connectivity index (χ3n) is 0.834. The molecule has 0 spiro atoms. The second-order valence-electron chi connectivity index (χ2n) is 2.20. The average Bonchev–Trinajstić information content (AvgIpc) is 1.65. The first kappa shape index (κ1) is 8.74. The average molecular weight is 151 g/mol. The molecule has 50 valence electrons. The molecular weight excluding hydrogens is 137 g/mol. The van der Waals surface area contributed by atoms with Crippen LogP contribution in [-0.4, -0.2) is 31.3 Å². The summed E-state index contributed by atoms with van der Waals surface area (Å²) < 4.78 is 0.